The van der Waals surface area contributed by atoms with E-state index in [0.717, 1.165) is 70.1 Å². The van der Waals surface area contributed by atoms with E-state index in [0.29, 0.717) is 12.5 Å². The van der Waals surface area contributed by atoms with Crippen molar-refractivity contribution in [1.29, 1.82) is 0 Å². The van der Waals surface area contributed by atoms with Gasteiger partial charge in [0.25, 0.3) is 5.91 Å². The first-order valence-electron chi connectivity index (χ1n) is 14.5. The summed E-state index contributed by atoms with van der Waals surface area (Å²) in [4.78, 5) is 28.6. The third-order valence-corrected chi connectivity index (χ3v) is 9.22. The zero-order chi connectivity index (χ0) is 26.0. The van der Waals surface area contributed by atoms with E-state index in [4.69, 9.17) is 0 Å². The molecule has 196 valence electrons. The number of hydrogen-bond acceptors (Lipinski definition) is 3. The second-order valence-electron chi connectivity index (χ2n) is 11.4. The maximum atomic E-state index is 13.0. The lowest BCUT2D eigenvalue weighted by molar-refractivity contribution is -0.107. The normalized spacial score (nSPS) is 19.4. The molecule has 1 unspecified atom stereocenters. The van der Waals surface area contributed by atoms with Crippen LogP contribution in [-0.4, -0.2) is 47.7 Å². The molecule has 3 aromatic carbocycles. The number of fused-ring (bicyclic) bond motifs is 4. The largest absolute Gasteiger partial charge is 0.330 e. The Labute approximate surface area is 226 Å². The number of carbonyl (C=O) groups excluding carboxylic acids is 2. The van der Waals surface area contributed by atoms with Crippen LogP contribution in [0.4, 0.5) is 0 Å². The summed E-state index contributed by atoms with van der Waals surface area (Å²) >= 11 is 0. The van der Waals surface area contributed by atoms with E-state index in [-0.39, 0.29) is 11.3 Å². The zero-order valence-electron chi connectivity index (χ0n) is 22.3. The molecule has 2 aliphatic heterocycles. The average molecular weight is 507 g/mol. The van der Waals surface area contributed by atoms with E-state index >= 15 is 0 Å². The van der Waals surface area contributed by atoms with Gasteiger partial charge in [-0.15, -0.1) is 0 Å². The number of rotatable bonds is 11. The van der Waals surface area contributed by atoms with Crippen LogP contribution in [0.25, 0.3) is 11.1 Å². The monoisotopic (exact) mass is 506 g/mol. The van der Waals surface area contributed by atoms with Crippen molar-refractivity contribution in [1.82, 2.24) is 9.80 Å². The fourth-order valence-electron chi connectivity index (χ4n) is 7.34. The Bertz CT molecular complexity index is 1270. The van der Waals surface area contributed by atoms with E-state index in [1.165, 1.54) is 40.7 Å². The quantitative estimate of drug-likeness (QED) is 0.217. The molecular weight excluding hydrogens is 468 g/mol. The van der Waals surface area contributed by atoms with E-state index in [1.54, 1.807) is 0 Å². The summed E-state index contributed by atoms with van der Waals surface area (Å²) < 4.78 is 0. The second kappa shape index (κ2) is 10.9. The lowest BCUT2D eigenvalue weighted by Crippen LogP contribution is -2.37. The number of benzene rings is 3. The van der Waals surface area contributed by atoms with Crippen molar-refractivity contribution in [2.45, 2.75) is 69.4 Å². The molecule has 1 aliphatic carbocycles. The van der Waals surface area contributed by atoms with Gasteiger partial charge >= 0.3 is 0 Å². The first-order chi connectivity index (χ1) is 18.7. The van der Waals surface area contributed by atoms with Gasteiger partial charge in [0, 0.05) is 43.1 Å². The summed E-state index contributed by atoms with van der Waals surface area (Å²) in [5.74, 6) is 0.211. The highest BCUT2D eigenvalue weighted by molar-refractivity contribution is 5.98. The van der Waals surface area contributed by atoms with E-state index in [9.17, 15) is 9.59 Å². The molecule has 0 spiro atoms. The van der Waals surface area contributed by atoms with Crippen molar-refractivity contribution in [3.05, 3.63) is 95.1 Å². The fraction of sp³-hybridized carbons (Fsp3) is 0.412. The number of amides is 1. The summed E-state index contributed by atoms with van der Waals surface area (Å²) in [5, 5.41) is 0. The van der Waals surface area contributed by atoms with Crippen LogP contribution < -0.4 is 0 Å². The van der Waals surface area contributed by atoms with Gasteiger partial charge in [-0.1, -0.05) is 79.6 Å². The van der Waals surface area contributed by atoms with Crippen molar-refractivity contribution >= 4 is 12.2 Å². The highest BCUT2D eigenvalue weighted by Gasteiger charge is 2.42. The van der Waals surface area contributed by atoms with Crippen LogP contribution in [0.3, 0.4) is 0 Å². The molecule has 0 radical (unpaired) electrons. The minimum atomic E-state index is 0.0390. The molecule has 4 nitrogen and oxygen atoms in total. The third kappa shape index (κ3) is 4.49. The summed E-state index contributed by atoms with van der Waals surface area (Å²) in [7, 11) is 0. The van der Waals surface area contributed by atoms with Gasteiger partial charge in [0.1, 0.15) is 6.29 Å². The molecule has 0 bridgehead atoms. The lowest BCUT2D eigenvalue weighted by Gasteiger charge is -2.33. The van der Waals surface area contributed by atoms with E-state index in [2.05, 4.69) is 64.4 Å². The van der Waals surface area contributed by atoms with Crippen LogP contribution in [0.5, 0.6) is 0 Å². The Kier molecular flexibility index (Phi) is 7.16. The van der Waals surface area contributed by atoms with Crippen LogP contribution in [0.2, 0.25) is 0 Å². The Balaban J connectivity index is 1.10. The van der Waals surface area contributed by atoms with Gasteiger partial charge in [-0.2, -0.15) is 0 Å². The van der Waals surface area contributed by atoms with Crippen molar-refractivity contribution in [2.24, 2.45) is 0 Å². The van der Waals surface area contributed by atoms with Crippen LogP contribution in [-0.2, 0) is 16.8 Å². The molecule has 6 rings (SSSR count). The third-order valence-electron chi connectivity index (χ3n) is 9.22. The molecule has 1 saturated heterocycles. The highest BCUT2D eigenvalue weighted by atomic mass is 16.2. The Morgan fingerprint density at radius 1 is 0.789 bits per heavy atom. The minimum absolute atomic E-state index is 0.0390. The van der Waals surface area contributed by atoms with Crippen molar-refractivity contribution in [3.8, 4) is 11.1 Å². The molecule has 3 aromatic rings. The Morgan fingerprint density at radius 3 is 2.11 bits per heavy atom. The van der Waals surface area contributed by atoms with Crippen molar-refractivity contribution < 1.29 is 9.59 Å². The maximum Gasteiger partial charge on any atom is 0.254 e. The number of unbranched alkanes of at least 4 members (excludes halogenated alkanes) is 3. The molecule has 0 N–H and O–H groups in total. The molecule has 1 amide bonds. The molecule has 4 heteroatoms. The van der Waals surface area contributed by atoms with Crippen LogP contribution in [0.15, 0.2) is 72.8 Å². The standard InChI is InChI=1S/C34H38N2O2/c37-23-11-1-8-19-34(31-16-6-4-14-29(31)30-15-5-7-17-32(30)34)20-9-10-21-35-22-18-27(25-35)36-24-26-12-2-3-13-28(26)33(36)38/h2-7,12-17,23,27H,1,8-11,18-22,24-25H2. The van der Waals surface area contributed by atoms with Crippen molar-refractivity contribution in [3.63, 3.8) is 0 Å². The molecular formula is C34H38N2O2. The van der Waals surface area contributed by atoms with Gasteiger partial charge < -0.3 is 14.6 Å². The first kappa shape index (κ1) is 25.1. The molecule has 0 aromatic heterocycles. The fourth-order valence-corrected chi connectivity index (χ4v) is 7.34. The van der Waals surface area contributed by atoms with Gasteiger partial charge in [-0.05, 0) is 72.5 Å². The molecule has 38 heavy (non-hydrogen) atoms. The second-order valence-corrected chi connectivity index (χ2v) is 11.4. The first-order valence-corrected chi connectivity index (χ1v) is 14.5. The smallest absolute Gasteiger partial charge is 0.254 e. The number of carbonyl (C=O) groups is 2. The van der Waals surface area contributed by atoms with Crippen LogP contribution in [0.1, 0.15) is 78.4 Å². The lowest BCUT2D eigenvalue weighted by atomic mass is 9.71. The number of nitrogens with zero attached hydrogens (tertiary/aromatic N) is 2. The number of likely N-dealkylation sites (tertiary alicyclic amines) is 1. The summed E-state index contributed by atoms with van der Waals surface area (Å²) in [5.41, 5.74) is 7.82. The average Bonchev–Trinajstić information content (AvgIpc) is 3.64. The zero-order valence-corrected chi connectivity index (χ0v) is 22.3. The van der Waals surface area contributed by atoms with Crippen molar-refractivity contribution in [2.75, 3.05) is 19.6 Å². The molecule has 1 atom stereocenters. The summed E-state index contributed by atoms with van der Waals surface area (Å²) in [6.45, 7) is 3.92. The van der Waals surface area contributed by atoms with Gasteiger partial charge in [0.15, 0.2) is 0 Å². The van der Waals surface area contributed by atoms with E-state index < -0.39 is 0 Å². The predicted molar refractivity (Wildman–Crippen MR) is 152 cm³/mol. The van der Waals surface area contributed by atoms with Gasteiger partial charge in [0.05, 0.1) is 0 Å². The van der Waals surface area contributed by atoms with Crippen LogP contribution >= 0.6 is 0 Å². The van der Waals surface area contributed by atoms with Gasteiger partial charge in [-0.3, -0.25) is 4.79 Å². The topological polar surface area (TPSA) is 40.6 Å². The minimum Gasteiger partial charge on any atom is -0.330 e. The van der Waals surface area contributed by atoms with Gasteiger partial charge in [0.2, 0.25) is 0 Å². The molecule has 3 aliphatic rings. The SMILES string of the molecule is O=CCCCCC1(CCCCN2CCC(N3Cc4ccccc4C3=O)C2)c2ccccc2-c2ccccc21. The summed E-state index contributed by atoms with van der Waals surface area (Å²) in [6, 6.07) is 26.3. The predicted octanol–water partition coefficient (Wildman–Crippen LogP) is 6.61. The molecule has 0 saturated carbocycles. The molecule has 1 fully saturated rings. The van der Waals surface area contributed by atoms with Crippen LogP contribution in [0, 0.1) is 0 Å². The maximum absolute atomic E-state index is 13.0. The highest BCUT2D eigenvalue weighted by Crippen LogP contribution is 2.53. The number of hydrogen-bond donors (Lipinski definition) is 0. The van der Waals surface area contributed by atoms with Gasteiger partial charge in [-0.25, -0.2) is 0 Å². The Morgan fingerprint density at radius 2 is 1.42 bits per heavy atom. The van der Waals surface area contributed by atoms with E-state index in [1.807, 2.05) is 18.2 Å². The summed E-state index contributed by atoms with van der Waals surface area (Å²) in [6.07, 6.45) is 9.39. The molecule has 2 heterocycles. The number of aldehydes is 1. The Hall–Kier alpha value is -3.24.